The number of aliphatic hydroxyl groups excluding tert-OH is 1. The third kappa shape index (κ3) is 1.88. The van der Waals surface area contributed by atoms with E-state index in [0.29, 0.717) is 13.0 Å². The predicted molar refractivity (Wildman–Crippen MR) is 40.2 cm³/mol. The molecule has 11 heavy (non-hydrogen) atoms. The molecule has 1 N–H and O–H groups in total. The van der Waals surface area contributed by atoms with E-state index in [-0.39, 0.29) is 11.9 Å². The molecular weight excluding hydrogens is 144 g/mol. The molecule has 1 heterocycles. The number of hydrogen-bond acceptors (Lipinski definition) is 3. The summed E-state index contributed by atoms with van der Waals surface area (Å²) in [6, 6.07) is 0. The number of carbonyl (C=O) groups is 1. The van der Waals surface area contributed by atoms with Crippen molar-refractivity contribution in [2.45, 2.75) is 25.6 Å². The second-order valence-electron chi connectivity index (χ2n) is 2.53. The molecule has 1 rings (SSSR count). The Bertz CT molecular complexity index is 174. The monoisotopic (exact) mass is 156 g/mol. The average Bonchev–Trinajstić information content (AvgIpc) is 2.16. The van der Waals surface area contributed by atoms with E-state index in [2.05, 4.69) is 0 Å². The summed E-state index contributed by atoms with van der Waals surface area (Å²) in [4.78, 5) is 11.0. The predicted octanol–water partition coefficient (Wildman–Crippen LogP) is 0.281. The molecule has 62 valence electrons. The van der Waals surface area contributed by atoms with Crippen LogP contribution in [0.4, 0.5) is 0 Å². The van der Waals surface area contributed by atoms with E-state index in [0.717, 1.165) is 0 Å². The van der Waals surface area contributed by atoms with Gasteiger partial charge in [-0.2, -0.15) is 0 Å². The van der Waals surface area contributed by atoms with Crippen molar-refractivity contribution in [1.29, 1.82) is 0 Å². The quantitative estimate of drug-likeness (QED) is 0.593. The number of ether oxygens (including phenoxy) is 1. The van der Waals surface area contributed by atoms with Crippen LogP contribution in [0.15, 0.2) is 12.2 Å². The van der Waals surface area contributed by atoms with E-state index in [1.807, 2.05) is 6.92 Å². The standard InChI is InChI=1S/C8H12O3/c1-2-7-8(10)6(9)4-3-5-11-7/h3-4,7-8,10H,2,5H2,1H3. The first-order chi connectivity index (χ1) is 5.25. The van der Waals surface area contributed by atoms with E-state index in [4.69, 9.17) is 4.74 Å². The van der Waals surface area contributed by atoms with Gasteiger partial charge in [0, 0.05) is 0 Å². The van der Waals surface area contributed by atoms with Gasteiger partial charge in [0.2, 0.25) is 0 Å². The Morgan fingerprint density at radius 3 is 3.18 bits per heavy atom. The summed E-state index contributed by atoms with van der Waals surface area (Å²) in [5, 5.41) is 9.29. The maximum Gasteiger partial charge on any atom is 0.186 e. The molecule has 0 saturated heterocycles. The minimum atomic E-state index is -0.973. The Hall–Kier alpha value is -0.670. The van der Waals surface area contributed by atoms with E-state index in [1.54, 1.807) is 6.08 Å². The van der Waals surface area contributed by atoms with Crippen LogP contribution >= 0.6 is 0 Å². The lowest BCUT2D eigenvalue weighted by Crippen LogP contribution is -2.33. The van der Waals surface area contributed by atoms with Crippen LogP contribution in [0.5, 0.6) is 0 Å². The Kier molecular flexibility index (Phi) is 2.79. The van der Waals surface area contributed by atoms with Gasteiger partial charge in [0.15, 0.2) is 5.78 Å². The third-order valence-electron chi connectivity index (χ3n) is 1.73. The van der Waals surface area contributed by atoms with E-state index in [9.17, 15) is 9.90 Å². The molecule has 3 nitrogen and oxygen atoms in total. The second kappa shape index (κ2) is 3.64. The van der Waals surface area contributed by atoms with Crippen molar-refractivity contribution in [1.82, 2.24) is 0 Å². The number of carbonyl (C=O) groups excluding carboxylic acids is 1. The van der Waals surface area contributed by atoms with Gasteiger partial charge in [-0.1, -0.05) is 13.0 Å². The van der Waals surface area contributed by atoms with Gasteiger partial charge >= 0.3 is 0 Å². The van der Waals surface area contributed by atoms with Crippen LogP contribution in [0.25, 0.3) is 0 Å². The highest BCUT2D eigenvalue weighted by molar-refractivity contribution is 5.94. The molecule has 0 fully saturated rings. The lowest BCUT2D eigenvalue weighted by molar-refractivity contribution is -0.129. The van der Waals surface area contributed by atoms with Gasteiger partial charge < -0.3 is 9.84 Å². The molecule has 0 bridgehead atoms. The summed E-state index contributed by atoms with van der Waals surface area (Å²) >= 11 is 0. The highest BCUT2D eigenvalue weighted by Crippen LogP contribution is 2.09. The van der Waals surface area contributed by atoms with Gasteiger partial charge in [0.1, 0.15) is 6.10 Å². The normalized spacial score (nSPS) is 32.0. The van der Waals surface area contributed by atoms with Crippen molar-refractivity contribution < 1.29 is 14.6 Å². The van der Waals surface area contributed by atoms with Crippen molar-refractivity contribution in [2.24, 2.45) is 0 Å². The zero-order valence-corrected chi connectivity index (χ0v) is 6.49. The molecule has 0 aromatic carbocycles. The first-order valence-electron chi connectivity index (χ1n) is 3.75. The van der Waals surface area contributed by atoms with Crippen molar-refractivity contribution in [3.05, 3.63) is 12.2 Å². The molecular formula is C8H12O3. The van der Waals surface area contributed by atoms with Crippen LogP contribution in [-0.2, 0) is 9.53 Å². The van der Waals surface area contributed by atoms with Crippen molar-refractivity contribution in [3.63, 3.8) is 0 Å². The van der Waals surface area contributed by atoms with Crippen LogP contribution in [0.1, 0.15) is 13.3 Å². The molecule has 0 spiro atoms. The molecule has 0 aromatic rings. The summed E-state index contributed by atoms with van der Waals surface area (Å²) in [5.74, 6) is -0.255. The van der Waals surface area contributed by atoms with Gasteiger partial charge in [-0.15, -0.1) is 0 Å². The molecule has 1 aliphatic rings. The fourth-order valence-electron chi connectivity index (χ4n) is 1.06. The Balaban J connectivity index is 2.65. The topological polar surface area (TPSA) is 46.5 Å². The van der Waals surface area contributed by atoms with Crippen LogP contribution < -0.4 is 0 Å². The summed E-state index contributed by atoms with van der Waals surface area (Å²) in [6.45, 7) is 2.30. The molecule has 2 unspecified atom stereocenters. The first kappa shape index (κ1) is 8.43. The molecule has 0 amide bonds. The molecule has 0 radical (unpaired) electrons. The number of aliphatic hydroxyl groups is 1. The van der Waals surface area contributed by atoms with Gasteiger partial charge in [-0.25, -0.2) is 0 Å². The number of hydrogen-bond donors (Lipinski definition) is 1. The fraction of sp³-hybridized carbons (Fsp3) is 0.625. The molecule has 3 heteroatoms. The summed E-state index contributed by atoms with van der Waals surface area (Å²) in [7, 11) is 0. The average molecular weight is 156 g/mol. The zero-order chi connectivity index (χ0) is 8.27. The van der Waals surface area contributed by atoms with Crippen molar-refractivity contribution in [2.75, 3.05) is 6.61 Å². The zero-order valence-electron chi connectivity index (χ0n) is 6.49. The van der Waals surface area contributed by atoms with E-state index >= 15 is 0 Å². The van der Waals surface area contributed by atoms with E-state index in [1.165, 1.54) is 6.08 Å². The molecule has 0 saturated carbocycles. The van der Waals surface area contributed by atoms with Gasteiger partial charge in [-0.3, -0.25) is 4.79 Å². The van der Waals surface area contributed by atoms with Crippen molar-refractivity contribution in [3.8, 4) is 0 Å². The SMILES string of the molecule is CCC1OCC=CC(=O)C1O. The van der Waals surface area contributed by atoms with Gasteiger partial charge in [-0.05, 0) is 12.5 Å². The largest absolute Gasteiger partial charge is 0.382 e. The van der Waals surface area contributed by atoms with Crippen molar-refractivity contribution >= 4 is 5.78 Å². The lowest BCUT2D eigenvalue weighted by atomic mass is 10.1. The lowest BCUT2D eigenvalue weighted by Gasteiger charge is -2.16. The van der Waals surface area contributed by atoms with Crippen LogP contribution in [0.3, 0.4) is 0 Å². The Labute approximate surface area is 65.7 Å². The Morgan fingerprint density at radius 2 is 2.55 bits per heavy atom. The fourth-order valence-corrected chi connectivity index (χ4v) is 1.06. The molecule has 0 aromatic heterocycles. The molecule has 1 aliphatic heterocycles. The minimum Gasteiger partial charge on any atom is -0.382 e. The maximum absolute atomic E-state index is 11.0. The highest BCUT2D eigenvalue weighted by atomic mass is 16.5. The molecule has 0 aliphatic carbocycles. The number of ketones is 1. The summed E-state index contributed by atoms with van der Waals surface area (Å²) < 4.78 is 5.18. The first-order valence-corrected chi connectivity index (χ1v) is 3.75. The smallest absolute Gasteiger partial charge is 0.186 e. The van der Waals surface area contributed by atoms with Gasteiger partial charge in [0.05, 0.1) is 12.7 Å². The van der Waals surface area contributed by atoms with Crippen LogP contribution in [0, 0.1) is 0 Å². The van der Waals surface area contributed by atoms with Crippen LogP contribution in [-0.4, -0.2) is 29.7 Å². The summed E-state index contributed by atoms with van der Waals surface area (Å²) in [6.07, 6.45) is 2.35. The van der Waals surface area contributed by atoms with E-state index < -0.39 is 6.10 Å². The molecule has 2 atom stereocenters. The van der Waals surface area contributed by atoms with Gasteiger partial charge in [0.25, 0.3) is 0 Å². The summed E-state index contributed by atoms with van der Waals surface area (Å²) in [5.41, 5.74) is 0. The highest BCUT2D eigenvalue weighted by Gasteiger charge is 2.24. The second-order valence-corrected chi connectivity index (χ2v) is 2.53. The Morgan fingerprint density at radius 1 is 1.82 bits per heavy atom. The minimum absolute atomic E-state index is 0.255. The van der Waals surface area contributed by atoms with Crippen LogP contribution in [0.2, 0.25) is 0 Å². The number of rotatable bonds is 1. The maximum atomic E-state index is 11.0. The third-order valence-corrected chi connectivity index (χ3v) is 1.73.